The molecule has 0 bridgehead atoms. The van der Waals surface area contributed by atoms with E-state index < -0.39 is 11.7 Å². The minimum Gasteiger partial charge on any atom is -0.481 e. The number of carbonyl (C=O) groups excluding carboxylic acids is 1. The van der Waals surface area contributed by atoms with Crippen LogP contribution < -0.4 is 15.6 Å². The lowest BCUT2D eigenvalue weighted by molar-refractivity contribution is -0.118. The van der Waals surface area contributed by atoms with Crippen LogP contribution in [-0.4, -0.2) is 17.5 Å². The number of anilines is 1. The van der Waals surface area contributed by atoms with Gasteiger partial charge in [-0.05, 0) is 35.2 Å². The van der Waals surface area contributed by atoms with Crippen molar-refractivity contribution in [2.75, 3.05) is 11.9 Å². The van der Waals surface area contributed by atoms with E-state index in [4.69, 9.17) is 4.74 Å². The molecule has 1 amide bonds. The zero-order chi connectivity index (χ0) is 19.6. The molecule has 6 heteroatoms. The Kier molecular flexibility index (Phi) is 4.99. The highest BCUT2D eigenvalue weighted by Crippen LogP contribution is 2.29. The number of rotatable bonds is 4. The summed E-state index contributed by atoms with van der Waals surface area (Å²) < 4.78 is 18.7. The van der Waals surface area contributed by atoms with Gasteiger partial charge in [0.25, 0.3) is 5.91 Å². The van der Waals surface area contributed by atoms with Gasteiger partial charge in [-0.15, -0.1) is 0 Å². The molecule has 3 aromatic rings. The molecule has 5 nitrogen and oxygen atoms in total. The second-order valence-corrected chi connectivity index (χ2v) is 7.32. The van der Waals surface area contributed by atoms with E-state index in [2.05, 4.69) is 10.3 Å². The van der Waals surface area contributed by atoms with Crippen LogP contribution in [0.25, 0.3) is 10.9 Å². The summed E-state index contributed by atoms with van der Waals surface area (Å²) in [5.41, 5.74) is 1.71. The Balaban J connectivity index is 1.78. The monoisotopic (exact) mass is 368 g/mol. The minimum absolute atomic E-state index is 0.0188. The highest BCUT2D eigenvalue weighted by Gasteiger charge is 2.18. The zero-order valence-electron chi connectivity index (χ0n) is 15.4. The van der Waals surface area contributed by atoms with E-state index in [0.29, 0.717) is 11.2 Å². The van der Waals surface area contributed by atoms with Crippen LogP contribution in [0.3, 0.4) is 0 Å². The smallest absolute Gasteiger partial charge is 0.262 e. The lowest BCUT2D eigenvalue weighted by atomic mass is 9.85. The highest BCUT2D eigenvalue weighted by molar-refractivity contribution is 5.95. The number of carbonyl (C=O) groups is 1. The predicted molar refractivity (Wildman–Crippen MR) is 104 cm³/mol. The van der Waals surface area contributed by atoms with E-state index in [-0.39, 0.29) is 23.3 Å². The van der Waals surface area contributed by atoms with Crippen molar-refractivity contribution >= 4 is 22.5 Å². The number of fused-ring (bicyclic) bond motifs is 1. The van der Waals surface area contributed by atoms with E-state index in [1.54, 1.807) is 30.3 Å². The number of aromatic nitrogens is 1. The van der Waals surface area contributed by atoms with Crippen LogP contribution in [0.4, 0.5) is 10.1 Å². The summed E-state index contributed by atoms with van der Waals surface area (Å²) in [4.78, 5) is 26.9. The van der Waals surface area contributed by atoms with Crippen molar-refractivity contribution < 1.29 is 13.9 Å². The largest absolute Gasteiger partial charge is 0.481 e. The first-order valence-electron chi connectivity index (χ1n) is 8.59. The van der Waals surface area contributed by atoms with Crippen LogP contribution in [-0.2, 0) is 10.2 Å². The number of nitrogens with one attached hydrogen (secondary N) is 2. The van der Waals surface area contributed by atoms with Gasteiger partial charge in [-0.2, -0.15) is 0 Å². The number of hydrogen-bond acceptors (Lipinski definition) is 3. The molecule has 140 valence electrons. The van der Waals surface area contributed by atoms with Gasteiger partial charge in [-0.25, -0.2) is 4.39 Å². The SMILES string of the molecule is CC(C)(C)c1cc(=O)[nH]c2cc(NC(=O)COc3ccccc3F)ccc12. The summed E-state index contributed by atoms with van der Waals surface area (Å²) in [7, 11) is 0. The third kappa shape index (κ3) is 4.34. The van der Waals surface area contributed by atoms with Crippen molar-refractivity contribution in [3.8, 4) is 5.75 Å². The van der Waals surface area contributed by atoms with Crippen LogP contribution >= 0.6 is 0 Å². The number of halogens is 1. The quantitative estimate of drug-likeness (QED) is 0.732. The summed E-state index contributed by atoms with van der Waals surface area (Å²) in [5, 5.41) is 3.61. The first-order valence-corrected chi connectivity index (χ1v) is 8.59. The average molecular weight is 368 g/mol. The van der Waals surface area contributed by atoms with Crippen LogP contribution in [0, 0.1) is 5.82 Å². The third-order valence-electron chi connectivity index (χ3n) is 4.13. The highest BCUT2D eigenvalue weighted by atomic mass is 19.1. The standard InChI is InChI=1S/C21H21FN2O3/c1-21(2,3)15-11-19(25)24-17-10-13(8-9-14(15)17)23-20(26)12-27-18-7-5-4-6-16(18)22/h4-11H,12H2,1-3H3,(H,23,26)(H,24,25). The molecular formula is C21H21FN2O3. The van der Waals surface area contributed by atoms with E-state index in [1.807, 2.05) is 26.8 Å². The van der Waals surface area contributed by atoms with Crippen LogP contribution in [0.5, 0.6) is 5.75 Å². The lowest BCUT2D eigenvalue weighted by Gasteiger charge is -2.21. The van der Waals surface area contributed by atoms with Gasteiger partial charge in [0.05, 0.1) is 5.52 Å². The van der Waals surface area contributed by atoms with Gasteiger partial charge in [0, 0.05) is 17.1 Å². The summed E-state index contributed by atoms with van der Waals surface area (Å²) >= 11 is 0. The fourth-order valence-electron chi connectivity index (χ4n) is 2.86. The number of benzene rings is 2. The molecule has 0 radical (unpaired) electrons. The number of para-hydroxylation sites is 1. The molecule has 0 spiro atoms. The average Bonchev–Trinajstić information content (AvgIpc) is 2.59. The first-order chi connectivity index (χ1) is 12.7. The van der Waals surface area contributed by atoms with E-state index >= 15 is 0 Å². The Morgan fingerprint density at radius 3 is 2.59 bits per heavy atom. The molecule has 1 aromatic heterocycles. The Morgan fingerprint density at radius 2 is 1.89 bits per heavy atom. The molecule has 0 aliphatic rings. The molecule has 27 heavy (non-hydrogen) atoms. The van der Waals surface area contributed by atoms with Gasteiger partial charge in [0.15, 0.2) is 18.2 Å². The van der Waals surface area contributed by atoms with Gasteiger partial charge in [-0.1, -0.05) is 39.0 Å². The van der Waals surface area contributed by atoms with Gasteiger partial charge in [0.1, 0.15) is 0 Å². The number of pyridine rings is 1. The molecule has 0 fully saturated rings. The lowest BCUT2D eigenvalue weighted by Crippen LogP contribution is -2.21. The van der Waals surface area contributed by atoms with Crippen molar-refractivity contribution in [2.24, 2.45) is 0 Å². The minimum atomic E-state index is -0.525. The molecular weight excluding hydrogens is 347 g/mol. The molecule has 0 saturated carbocycles. The van der Waals surface area contributed by atoms with E-state index in [9.17, 15) is 14.0 Å². The maximum atomic E-state index is 13.5. The Morgan fingerprint density at radius 1 is 1.15 bits per heavy atom. The first kappa shape index (κ1) is 18.6. The number of aromatic amines is 1. The fourth-order valence-corrected chi connectivity index (χ4v) is 2.86. The molecule has 1 heterocycles. The molecule has 0 saturated heterocycles. The van der Waals surface area contributed by atoms with Crippen molar-refractivity contribution in [1.29, 1.82) is 0 Å². The fraction of sp³-hybridized carbons (Fsp3) is 0.238. The maximum Gasteiger partial charge on any atom is 0.262 e. The Labute approximate surface area is 156 Å². The number of H-pyrrole nitrogens is 1. The second kappa shape index (κ2) is 7.23. The summed E-state index contributed by atoms with van der Waals surface area (Å²) in [6, 6.07) is 12.8. The third-order valence-corrected chi connectivity index (χ3v) is 4.13. The van der Waals surface area contributed by atoms with Crippen LogP contribution in [0.2, 0.25) is 0 Å². The number of ether oxygens (including phenoxy) is 1. The van der Waals surface area contributed by atoms with Gasteiger partial charge < -0.3 is 15.0 Å². The van der Waals surface area contributed by atoms with Gasteiger partial charge >= 0.3 is 0 Å². The van der Waals surface area contributed by atoms with Crippen LogP contribution in [0.15, 0.2) is 53.3 Å². The van der Waals surface area contributed by atoms with Crippen molar-refractivity contribution in [3.63, 3.8) is 0 Å². The molecule has 0 atom stereocenters. The molecule has 2 N–H and O–H groups in total. The summed E-state index contributed by atoms with van der Waals surface area (Å²) in [6.45, 7) is 5.79. The number of hydrogen-bond donors (Lipinski definition) is 2. The normalized spacial score (nSPS) is 11.4. The number of amides is 1. The molecule has 3 rings (SSSR count). The van der Waals surface area contributed by atoms with Crippen molar-refractivity contribution in [1.82, 2.24) is 4.98 Å². The van der Waals surface area contributed by atoms with Gasteiger partial charge in [-0.3, -0.25) is 9.59 Å². The van der Waals surface area contributed by atoms with E-state index in [0.717, 1.165) is 10.9 Å². The Hall–Kier alpha value is -3.15. The topological polar surface area (TPSA) is 71.2 Å². The summed E-state index contributed by atoms with van der Waals surface area (Å²) in [5.74, 6) is -0.930. The molecule has 0 aliphatic heterocycles. The molecule has 2 aromatic carbocycles. The van der Waals surface area contributed by atoms with Crippen molar-refractivity contribution in [2.45, 2.75) is 26.2 Å². The van der Waals surface area contributed by atoms with Crippen molar-refractivity contribution in [3.05, 3.63) is 70.3 Å². The zero-order valence-corrected chi connectivity index (χ0v) is 15.4. The van der Waals surface area contributed by atoms with Gasteiger partial charge in [0.2, 0.25) is 5.56 Å². The predicted octanol–water partition coefficient (Wildman–Crippen LogP) is 3.98. The van der Waals surface area contributed by atoms with E-state index in [1.165, 1.54) is 12.1 Å². The molecule has 0 aliphatic carbocycles. The molecule has 0 unspecified atom stereocenters. The second-order valence-electron chi connectivity index (χ2n) is 7.32. The van der Waals surface area contributed by atoms with Crippen LogP contribution in [0.1, 0.15) is 26.3 Å². The maximum absolute atomic E-state index is 13.5. The Bertz CT molecular complexity index is 1050. The summed E-state index contributed by atoms with van der Waals surface area (Å²) in [6.07, 6.45) is 0.